The normalized spacial score (nSPS) is 21.3. The van der Waals surface area contributed by atoms with Gasteiger partial charge in [-0.25, -0.2) is 13.1 Å². The van der Waals surface area contributed by atoms with Crippen LogP contribution in [0.4, 0.5) is 0 Å². The molecule has 0 aromatic heterocycles. The number of hydrogen-bond donors (Lipinski definition) is 2. The van der Waals surface area contributed by atoms with E-state index in [-0.39, 0.29) is 18.1 Å². The molecule has 0 unspecified atom stereocenters. The SMILES string of the molecule is NC(=O)CO[C@@H]1CCOC[C@@H]1NS(=O)(=O)c1cccc2ccccc12. The van der Waals surface area contributed by atoms with E-state index in [1.165, 1.54) is 0 Å². The summed E-state index contributed by atoms with van der Waals surface area (Å²) < 4.78 is 39.2. The number of nitrogens with one attached hydrogen (secondary N) is 1. The first-order chi connectivity index (χ1) is 12.0. The Morgan fingerprint density at radius 1 is 1.24 bits per heavy atom. The lowest BCUT2D eigenvalue weighted by Crippen LogP contribution is -2.51. The summed E-state index contributed by atoms with van der Waals surface area (Å²) in [7, 11) is -3.78. The molecular weight excluding hydrogens is 344 g/mol. The van der Waals surface area contributed by atoms with E-state index in [1.807, 2.05) is 18.2 Å². The van der Waals surface area contributed by atoms with E-state index in [1.54, 1.807) is 24.3 Å². The van der Waals surface area contributed by atoms with Gasteiger partial charge in [0.25, 0.3) is 0 Å². The van der Waals surface area contributed by atoms with Crippen LogP contribution in [-0.2, 0) is 24.3 Å². The monoisotopic (exact) mass is 364 g/mol. The molecule has 0 saturated carbocycles. The molecule has 0 radical (unpaired) electrons. The molecule has 2 aromatic rings. The van der Waals surface area contributed by atoms with Gasteiger partial charge in [0, 0.05) is 12.0 Å². The van der Waals surface area contributed by atoms with Crippen molar-refractivity contribution in [2.45, 2.75) is 23.5 Å². The largest absolute Gasteiger partial charge is 0.380 e. The van der Waals surface area contributed by atoms with Crippen LogP contribution < -0.4 is 10.5 Å². The molecule has 7 nitrogen and oxygen atoms in total. The molecule has 25 heavy (non-hydrogen) atoms. The van der Waals surface area contributed by atoms with Crippen LogP contribution in [-0.4, -0.2) is 46.3 Å². The molecular formula is C17H20N2O5S. The van der Waals surface area contributed by atoms with Crippen LogP contribution in [0.15, 0.2) is 47.4 Å². The van der Waals surface area contributed by atoms with Gasteiger partial charge in [0.1, 0.15) is 6.61 Å². The third kappa shape index (κ3) is 4.16. The van der Waals surface area contributed by atoms with Gasteiger partial charge in [-0.05, 0) is 17.9 Å². The molecule has 3 N–H and O–H groups in total. The second-order valence-electron chi connectivity index (χ2n) is 5.88. The van der Waals surface area contributed by atoms with Crippen LogP contribution in [0, 0.1) is 0 Å². The minimum atomic E-state index is -3.78. The first-order valence-electron chi connectivity index (χ1n) is 7.95. The lowest BCUT2D eigenvalue weighted by Gasteiger charge is -2.31. The summed E-state index contributed by atoms with van der Waals surface area (Å²) in [5.74, 6) is -0.595. The number of nitrogens with two attached hydrogens (primary N) is 1. The number of carbonyl (C=O) groups excluding carboxylic acids is 1. The zero-order chi connectivity index (χ0) is 17.9. The molecule has 134 valence electrons. The zero-order valence-electron chi connectivity index (χ0n) is 13.6. The summed E-state index contributed by atoms with van der Waals surface area (Å²) in [5, 5.41) is 1.48. The van der Waals surface area contributed by atoms with Crippen molar-refractivity contribution >= 4 is 26.7 Å². The average Bonchev–Trinajstić information content (AvgIpc) is 2.60. The summed E-state index contributed by atoms with van der Waals surface area (Å²) in [4.78, 5) is 11.1. The number of carbonyl (C=O) groups is 1. The van der Waals surface area contributed by atoms with Gasteiger partial charge in [0.15, 0.2) is 0 Å². The average molecular weight is 364 g/mol. The van der Waals surface area contributed by atoms with Crippen molar-refractivity contribution in [2.24, 2.45) is 5.73 Å². The van der Waals surface area contributed by atoms with E-state index in [0.29, 0.717) is 18.4 Å². The Labute approximate surface area is 146 Å². The van der Waals surface area contributed by atoms with Crippen LogP contribution >= 0.6 is 0 Å². The standard InChI is InChI=1S/C17H20N2O5S/c18-17(20)11-24-15-8-9-23-10-14(15)19-25(21,22)16-7-3-5-12-4-1-2-6-13(12)16/h1-7,14-15,19H,8-11H2,(H2,18,20)/t14-,15+/m0/s1. The third-order valence-electron chi connectivity index (χ3n) is 4.08. The van der Waals surface area contributed by atoms with Crippen LogP contribution in [0.3, 0.4) is 0 Å². The first-order valence-corrected chi connectivity index (χ1v) is 9.43. The lowest BCUT2D eigenvalue weighted by molar-refractivity contribution is -0.127. The van der Waals surface area contributed by atoms with Crippen molar-refractivity contribution in [3.8, 4) is 0 Å². The first kappa shape index (κ1) is 17.8. The fourth-order valence-corrected chi connectivity index (χ4v) is 4.39. The maximum absolute atomic E-state index is 12.9. The van der Waals surface area contributed by atoms with Crippen LogP contribution in [0.2, 0.25) is 0 Å². The Hall–Kier alpha value is -2.00. The van der Waals surface area contributed by atoms with Gasteiger partial charge in [0.2, 0.25) is 15.9 Å². The zero-order valence-corrected chi connectivity index (χ0v) is 14.4. The minimum Gasteiger partial charge on any atom is -0.380 e. The minimum absolute atomic E-state index is 0.174. The van der Waals surface area contributed by atoms with Gasteiger partial charge in [-0.3, -0.25) is 4.79 Å². The van der Waals surface area contributed by atoms with Crippen molar-refractivity contribution in [1.29, 1.82) is 0 Å². The maximum Gasteiger partial charge on any atom is 0.243 e. The Morgan fingerprint density at radius 3 is 2.80 bits per heavy atom. The number of ether oxygens (including phenoxy) is 2. The van der Waals surface area contributed by atoms with Crippen LogP contribution in [0.25, 0.3) is 10.8 Å². The molecule has 2 atom stereocenters. The highest BCUT2D eigenvalue weighted by atomic mass is 32.2. The molecule has 3 rings (SSSR count). The Balaban J connectivity index is 1.85. The highest BCUT2D eigenvalue weighted by molar-refractivity contribution is 7.89. The fourth-order valence-electron chi connectivity index (χ4n) is 2.91. The molecule has 8 heteroatoms. The molecule has 0 aliphatic carbocycles. The molecule has 2 aromatic carbocycles. The summed E-state index contributed by atoms with van der Waals surface area (Å²) in [6, 6.07) is 11.8. The van der Waals surface area contributed by atoms with E-state index in [2.05, 4.69) is 4.72 Å². The van der Waals surface area contributed by atoms with Gasteiger partial charge in [-0.2, -0.15) is 0 Å². The van der Waals surface area contributed by atoms with Crippen molar-refractivity contribution in [1.82, 2.24) is 4.72 Å². The van der Waals surface area contributed by atoms with Crippen molar-refractivity contribution in [2.75, 3.05) is 19.8 Å². The third-order valence-corrected chi connectivity index (χ3v) is 5.63. The maximum atomic E-state index is 12.9. The molecule has 1 aliphatic rings. The number of benzene rings is 2. The van der Waals surface area contributed by atoms with Crippen molar-refractivity contribution in [3.05, 3.63) is 42.5 Å². The number of fused-ring (bicyclic) bond motifs is 1. The van der Waals surface area contributed by atoms with Crippen LogP contribution in [0.5, 0.6) is 0 Å². The van der Waals surface area contributed by atoms with E-state index < -0.39 is 28.1 Å². The number of sulfonamides is 1. The quantitative estimate of drug-likeness (QED) is 0.787. The molecule has 1 amide bonds. The second-order valence-corrected chi connectivity index (χ2v) is 7.57. The smallest absolute Gasteiger partial charge is 0.243 e. The number of hydrogen-bond acceptors (Lipinski definition) is 5. The molecule has 1 fully saturated rings. The van der Waals surface area contributed by atoms with Gasteiger partial charge in [-0.1, -0.05) is 36.4 Å². The Morgan fingerprint density at radius 2 is 2.00 bits per heavy atom. The number of rotatable bonds is 6. The topological polar surface area (TPSA) is 108 Å². The van der Waals surface area contributed by atoms with E-state index in [4.69, 9.17) is 15.2 Å². The van der Waals surface area contributed by atoms with Crippen molar-refractivity contribution in [3.63, 3.8) is 0 Å². The molecule has 1 heterocycles. The van der Waals surface area contributed by atoms with E-state index in [0.717, 1.165) is 5.39 Å². The highest BCUT2D eigenvalue weighted by Gasteiger charge is 2.31. The molecule has 1 aliphatic heterocycles. The predicted molar refractivity (Wildman–Crippen MR) is 92.4 cm³/mol. The lowest BCUT2D eigenvalue weighted by atomic mass is 10.1. The van der Waals surface area contributed by atoms with E-state index >= 15 is 0 Å². The van der Waals surface area contributed by atoms with Gasteiger partial charge < -0.3 is 15.2 Å². The highest BCUT2D eigenvalue weighted by Crippen LogP contribution is 2.24. The Bertz CT molecular complexity index is 863. The molecule has 1 saturated heterocycles. The second kappa shape index (κ2) is 7.49. The predicted octanol–water partition coefficient (Wildman–Crippen LogP) is 0.778. The summed E-state index contributed by atoms with van der Waals surface area (Å²) >= 11 is 0. The van der Waals surface area contributed by atoms with Gasteiger partial charge in [-0.15, -0.1) is 0 Å². The summed E-state index contributed by atoms with van der Waals surface area (Å²) in [6.45, 7) is 0.362. The fraction of sp³-hybridized carbons (Fsp3) is 0.353. The van der Waals surface area contributed by atoms with Crippen molar-refractivity contribution < 1.29 is 22.7 Å². The molecule has 0 bridgehead atoms. The van der Waals surface area contributed by atoms with Gasteiger partial charge in [0.05, 0.1) is 23.6 Å². The van der Waals surface area contributed by atoms with E-state index in [9.17, 15) is 13.2 Å². The summed E-state index contributed by atoms with van der Waals surface area (Å²) in [6.07, 6.45) is 0.0155. The molecule has 0 spiro atoms. The Kier molecular flexibility index (Phi) is 5.33. The van der Waals surface area contributed by atoms with Crippen LogP contribution in [0.1, 0.15) is 6.42 Å². The van der Waals surface area contributed by atoms with Gasteiger partial charge >= 0.3 is 0 Å². The number of amides is 1. The summed E-state index contributed by atoms with van der Waals surface area (Å²) in [5.41, 5.74) is 5.10. The number of primary amides is 1.